The number of aromatic nitrogens is 4. The quantitative estimate of drug-likeness (QED) is 0.450. The maximum atomic E-state index is 12.5. The zero-order valence-electron chi connectivity index (χ0n) is 15.7. The zero-order chi connectivity index (χ0) is 20.9. The summed E-state index contributed by atoms with van der Waals surface area (Å²) in [4.78, 5) is 12.5. The Morgan fingerprint density at radius 1 is 0.967 bits per heavy atom. The minimum Gasteiger partial charge on any atom is -0.471 e. The van der Waals surface area contributed by atoms with E-state index >= 15 is 0 Å². The molecule has 2 heterocycles. The molecule has 0 fully saturated rings. The number of amides is 1. The predicted octanol–water partition coefficient (Wildman–Crippen LogP) is 4.72. The normalized spacial score (nSPS) is 10.7. The van der Waals surface area contributed by atoms with Gasteiger partial charge in [-0.2, -0.15) is 10.2 Å². The van der Waals surface area contributed by atoms with Gasteiger partial charge in [0.25, 0.3) is 5.91 Å². The molecule has 0 radical (unpaired) electrons. The summed E-state index contributed by atoms with van der Waals surface area (Å²) >= 11 is 12.1. The van der Waals surface area contributed by atoms with Crippen LogP contribution in [0.2, 0.25) is 10.0 Å². The van der Waals surface area contributed by atoms with Crippen LogP contribution in [-0.4, -0.2) is 25.5 Å². The van der Waals surface area contributed by atoms with Gasteiger partial charge >= 0.3 is 0 Å². The van der Waals surface area contributed by atoms with Gasteiger partial charge in [-0.15, -0.1) is 0 Å². The molecule has 0 aliphatic heterocycles. The van der Waals surface area contributed by atoms with Crippen LogP contribution in [0.5, 0.6) is 5.75 Å². The summed E-state index contributed by atoms with van der Waals surface area (Å²) in [6.45, 7) is 0.703. The van der Waals surface area contributed by atoms with E-state index in [9.17, 15) is 4.79 Å². The molecule has 1 amide bonds. The molecule has 2 aromatic carbocycles. The smallest absolute Gasteiger partial charge is 0.277 e. The first kappa shape index (κ1) is 20.0. The van der Waals surface area contributed by atoms with E-state index in [2.05, 4.69) is 15.5 Å². The van der Waals surface area contributed by atoms with Crippen molar-refractivity contribution in [2.24, 2.45) is 0 Å². The molecule has 0 atom stereocenters. The van der Waals surface area contributed by atoms with Gasteiger partial charge in [-0.3, -0.25) is 9.48 Å². The van der Waals surface area contributed by atoms with E-state index in [-0.39, 0.29) is 18.2 Å². The average Bonchev–Trinajstić information content (AvgIpc) is 3.35. The first-order valence-corrected chi connectivity index (χ1v) is 9.82. The van der Waals surface area contributed by atoms with Crippen molar-refractivity contribution >= 4 is 34.9 Å². The van der Waals surface area contributed by atoms with Crippen LogP contribution in [0.25, 0.3) is 0 Å². The molecule has 4 aromatic rings. The van der Waals surface area contributed by atoms with Crippen molar-refractivity contribution in [2.45, 2.75) is 13.3 Å². The summed E-state index contributed by atoms with van der Waals surface area (Å²) in [6, 6.07) is 18.4. The molecule has 0 saturated heterocycles. The highest BCUT2D eigenvalue weighted by Crippen LogP contribution is 2.21. The molecular weight excluding hydrogens is 425 g/mol. The molecule has 152 valence electrons. The molecule has 0 bridgehead atoms. The lowest BCUT2D eigenvalue weighted by atomic mass is 10.2. The van der Waals surface area contributed by atoms with Crippen molar-refractivity contribution in [2.75, 3.05) is 5.32 Å². The highest BCUT2D eigenvalue weighted by Gasteiger charge is 2.15. The highest BCUT2D eigenvalue weighted by molar-refractivity contribution is 6.33. The van der Waals surface area contributed by atoms with Crippen molar-refractivity contribution in [1.82, 2.24) is 19.6 Å². The zero-order valence-corrected chi connectivity index (χ0v) is 17.2. The van der Waals surface area contributed by atoms with Crippen molar-refractivity contribution in [3.8, 4) is 5.75 Å². The maximum absolute atomic E-state index is 12.5. The van der Waals surface area contributed by atoms with Crippen LogP contribution in [0.3, 0.4) is 0 Å². The second-order valence-electron chi connectivity index (χ2n) is 6.43. The van der Waals surface area contributed by atoms with Gasteiger partial charge in [-0.25, -0.2) is 4.68 Å². The Morgan fingerprint density at radius 3 is 2.50 bits per heavy atom. The number of rotatable bonds is 7. The van der Waals surface area contributed by atoms with Crippen molar-refractivity contribution in [1.29, 1.82) is 0 Å². The third kappa shape index (κ3) is 5.00. The molecule has 0 aliphatic carbocycles. The largest absolute Gasteiger partial charge is 0.471 e. The van der Waals surface area contributed by atoms with Crippen LogP contribution in [0, 0.1) is 0 Å². The second kappa shape index (κ2) is 9.02. The molecule has 0 saturated carbocycles. The van der Waals surface area contributed by atoms with Gasteiger partial charge in [-0.1, -0.05) is 53.5 Å². The number of nitrogens with one attached hydrogen (secondary N) is 1. The van der Waals surface area contributed by atoms with Crippen molar-refractivity contribution in [3.63, 3.8) is 0 Å². The van der Waals surface area contributed by atoms with Crippen LogP contribution in [0.15, 0.2) is 73.1 Å². The summed E-state index contributed by atoms with van der Waals surface area (Å²) in [6.07, 6.45) is 3.32. The first-order chi connectivity index (χ1) is 14.6. The number of benzene rings is 2. The van der Waals surface area contributed by atoms with Crippen molar-refractivity contribution < 1.29 is 9.53 Å². The summed E-state index contributed by atoms with van der Waals surface area (Å²) in [5.74, 6) is 0.522. The van der Waals surface area contributed by atoms with E-state index in [1.807, 2.05) is 30.3 Å². The Balaban J connectivity index is 1.36. The fraction of sp³-hybridized carbons (Fsp3) is 0.0952. The van der Waals surface area contributed by atoms with Crippen molar-refractivity contribution in [3.05, 3.63) is 94.4 Å². The SMILES string of the molecule is O=C(Nc1nn(Cc2ccccc2)cc1Cl)c1ccn(COc2ccc(Cl)cc2)n1. The summed E-state index contributed by atoms with van der Waals surface area (Å²) in [7, 11) is 0. The molecule has 4 rings (SSSR count). The van der Waals surface area contributed by atoms with Crippen LogP contribution in [0.1, 0.15) is 16.1 Å². The van der Waals surface area contributed by atoms with E-state index in [4.69, 9.17) is 27.9 Å². The molecule has 9 heteroatoms. The van der Waals surface area contributed by atoms with Crippen LogP contribution in [-0.2, 0) is 13.3 Å². The molecule has 30 heavy (non-hydrogen) atoms. The van der Waals surface area contributed by atoms with Gasteiger partial charge in [0.15, 0.2) is 18.2 Å². The van der Waals surface area contributed by atoms with Gasteiger partial charge in [0, 0.05) is 17.4 Å². The lowest BCUT2D eigenvalue weighted by Crippen LogP contribution is -2.15. The Morgan fingerprint density at radius 2 is 1.73 bits per heavy atom. The number of hydrogen-bond acceptors (Lipinski definition) is 4. The number of carbonyl (C=O) groups excluding carboxylic acids is 1. The fourth-order valence-electron chi connectivity index (χ4n) is 2.73. The Kier molecular flexibility index (Phi) is 6.02. The first-order valence-electron chi connectivity index (χ1n) is 9.07. The summed E-state index contributed by atoms with van der Waals surface area (Å²) in [5.41, 5.74) is 1.30. The van der Waals surface area contributed by atoms with Gasteiger partial charge in [0.05, 0.1) is 6.54 Å². The third-order valence-corrected chi connectivity index (χ3v) is 4.72. The van der Waals surface area contributed by atoms with E-state index in [1.54, 1.807) is 47.4 Å². The lowest BCUT2D eigenvalue weighted by Gasteiger charge is -2.06. The fourth-order valence-corrected chi connectivity index (χ4v) is 3.05. The minimum atomic E-state index is -0.410. The molecule has 7 nitrogen and oxygen atoms in total. The topological polar surface area (TPSA) is 74.0 Å². The van der Waals surface area contributed by atoms with Crippen LogP contribution < -0.4 is 10.1 Å². The van der Waals surface area contributed by atoms with Crippen LogP contribution in [0.4, 0.5) is 5.82 Å². The summed E-state index contributed by atoms with van der Waals surface area (Å²) < 4.78 is 8.80. The molecule has 1 N–H and O–H groups in total. The van der Waals surface area contributed by atoms with Gasteiger partial charge < -0.3 is 10.1 Å². The summed E-state index contributed by atoms with van der Waals surface area (Å²) in [5, 5.41) is 12.2. The predicted molar refractivity (Wildman–Crippen MR) is 115 cm³/mol. The minimum absolute atomic E-state index is 0.154. The molecule has 0 spiro atoms. The number of ether oxygens (including phenoxy) is 1. The van der Waals surface area contributed by atoms with E-state index in [0.29, 0.717) is 22.3 Å². The Hall–Kier alpha value is -3.29. The van der Waals surface area contributed by atoms with Gasteiger partial charge in [0.2, 0.25) is 0 Å². The standard InChI is InChI=1S/C21H17Cl2N5O2/c22-16-6-8-17(9-7-16)30-14-27-11-10-19(25-27)21(29)24-20-18(23)13-28(26-20)12-15-4-2-1-3-5-15/h1-11,13H,12,14H2,(H,24,26,29). The maximum Gasteiger partial charge on any atom is 0.277 e. The number of halogens is 2. The second-order valence-corrected chi connectivity index (χ2v) is 7.27. The third-order valence-electron chi connectivity index (χ3n) is 4.19. The number of anilines is 1. The molecule has 0 unspecified atom stereocenters. The highest BCUT2D eigenvalue weighted by atomic mass is 35.5. The number of hydrogen-bond donors (Lipinski definition) is 1. The molecular formula is C21H17Cl2N5O2. The lowest BCUT2D eigenvalue weighted by molar-refractivity contribution is 0.101. The Labute approximate surface area is 182 Å². The van der Waals surface area contributed by atoms with E-state index in [0.717, 1.165) is 5.56 Å². The number of carbonyl (C=O) groups is 1. The van der Waals surface area contributed by atoms with E-state index < -0.39 is 5.91 Å². The number of nitrogens with zero attached hydrogens (tertiary/aromatic N) is 4. The van der Waals surface area contributed by atoms with Crippen LogP contribution >= 0.6 is 23.2 Å². The molecule has 0 aliphatic rings. The Bertz CT molecular complexity index is 1140. The monoisotopic (exact) mass is 441 g/mol. The van der Waals surface area contributed by atoms with Gasteiger partial charge in [0.1, 0.15) is 10.8 Å². The molecule has 2 aromatic heterocycles. The average molecular weight is 442 g/mol. The van der Waals surface area contributed by atoms with E-state index in [1.165, 1.54) is 4.68 Å². The van der Waals surface area contributed by atoms with Gasteiger partial charge in [-0.05, 0) is 35.9 Å².